The molecule has 0 saturated carbocycles. The van der Waals surface area contributed by atoms with Crippen molar-refractivity contribution in [2.24, 2.45) is 11.7 Å². The molecule has 1 aliphatic heterocycles. The number of thiocarbonyl (C=S) groups is 1. The van der Waals surface area contributed by atoms with E-state index in [9.17, 15) is 8.42 Å². The molecule has 0 aliphatic carbocycles. The monoisotopic (exact) mass is 328 g/mol. The summed E-state index contributed by atoms with van der Waals surface area (Å²) < 4.78 is 27.0. The lowest BCUT2D eigenvalue weighted by Crippen LogP contribution is -2.31. The van der Waals surface area contributed by atoms with Gasteiger partial charge >= 0.3 is 0 Å². The van der Waals surface area contributed by atoms with Crippen molar-refractivity contribution in [3.8, 4) is 0 Å². The average Bonchev–Trinajstić information content (AvgIpc) is 2.93. The van der Waals surface area contributed by atoms with Crippen LogP contribution in [0.15, 0.2) is 23.2 Å². The van der Waals surface area contributed by atoms with Gasteiger partial charge in [-0.3, -0.25) is 4.98 Å². The largest absolute Gasteiger partial charge is 0.388 e. The first-order valence-electron chi connectivity index (χ1n) is 6.90. The maximum atomic E-state index is 12.2. The summed E-state index contributed by atoms with van der Waals surface area (Å²) in [7, 11) is -3.53. The van der Waals surface area contributed by atoms with Crippen LogP contribution < -0.4 is 10.5 Å². The van der Waals surface area contributed by atoms with E-state index < -0.39 is 10.0 Å². The second-order valence-electron chi connectivity index (χ2n) is 5.14. The highest BCUT2D eigenvalue weighted by atomic mass is 32.2. The minimum atomic E-state index is -3.53. The molecule has 1 aliphatic rings. The zero-order chi connectivity index (χ0) is 15.5. The van der Waals surface area contributed by atoms with Crippen LogP contribution in [0.5, 0.6) is 0 Å². The van der Waals surface area contributed by atoms with Gasteiger partial charge in [-0.05, 0) is 37.6 Å². The first-order valence-corrected chi connectivity index (χ1v) is 8.79. The maximum absolute atomic E-state index is 12.2. The molecule has 3 N–H and O–H groups in total. The fraction of sp³-hybridized carbons (Fsp3) is 0.538. The van der Waals surface area contributed by atoms with Crippen molar-refractivity contribution in [3.05, 3.63) is 24.0 Å². The molecule has 6 nitrogen and oxygen atoms in total. The van der Waals surface area contributed by atoms with E-state index in [1.54, 1.807) is 0 Å². The van der Waals surface area contributed by atoms with Crippen LogP contribution in [-0.4, -0.2) is 49.5 Å². The third-order valence-electron chi connectivity index (χ3n) is 3.68. The lowest BCUT2D eigenvalue weighted by atomic mass is 10.1. The van der Waals surface area contributed by atoms with Gasteiger partial charge in [0.1, 0.15) is 9.88 Å². The van der Waals surface area contributed by atoms with Crippen LogP contribution in [0.2, 0.25) is 0 Å². The van der Waals surface area contributed by atoms with Gasteiger partial charge in [-0.2, -0.15) is 0 Å². The molecule has 0 spiro atoms. The normalized spacial score (nSPS) is 19.8. The number of rotatable bonds is 6. The highest BCUT2D eigenvalue weighted by molar-refractivity contribution is 7.89. The molecule has 1 atom stereocenters. The number of nitrogens with one attached hydrogen (secondary N) is 1. The summed E-state index contributed by atoms with van der Waals surface area (Å²) >= 11 is 4.79. The quantitative estimate of drug-likeness (QED) is 0.732. The van der Waals surface area contributed by atoms with Crippen molar-refractivity contribution in [1.29, 1.82) is 0 Å². The Morgan fingerprint density at radius 3 is 2.86 bits per heavy atom. The average molecular weight is 328 g/mol. The van der Waals surface area contributed by atoms with Crippen molar-refractivity contribution in [3.63, 3.8) is 0 Å². The molecular weight excluding hydrogens is 308 g/mol. The zero-order valence-corrected chi connectivity index (χ0v) is 13.6. The third-order valence-corrected chi connectivity index (χ3v) is 5.30. The van der Waals surface area contributed by atoms with Crippen molar-refractivity contribution < 1.29 is 8.42 Å². The SMILES string of the molecule is CCN1CCC(CNS(=O)(=O)c2ccc(C(N)=S)nc2)C1. The van der Waals surface area contributed by atoms with Gasteiger partial charge in [-0.15, -0.1) is 0 Å². The molecule has 8 heteroatoms. The molecule has 1 unspecified atom stereocenters. The van der Waals surface area contributed by atoms with E-state index in [-0.39, 0.29) is 9.88 Å². The molecule has 1 saturated heterocycles. The van der Waals surface area contributed by atoms with Crippen LogP contribution in [0.1, 0.15) is 19.0 Å². The predicted octanol–water partition coefficient (Wildman–Crippen LogP) is 0.336. The Labute approximate surface area is 130 Å². The molecule has 0 amide bonds. The number of aromatic nitrogens is 1. The van der Waals surface area contributed by atoms with Gasteiger partial charge in [-0.1, -0.05) is 19.1 Å². The number of sulfonamides is 1. The van der Waals surface area contributed by atoms with Crippen LogP contribution in [0.3, 0.4) is 0 Å². The van der Waals surface area contributed by atoms with Crippen LogP contribution in [0.25, 0.3) is 0 Å². The fourth-order valence-electron chi connectivity index (χ4n) is 2.36. The summed E-state index contributed by atoms with van der Waals surface area (Å²) in [5, 5.41) is 0. The Hall–Kier alpha value is -1.09. The Morgan fingerprint density at radius 1 is 1.57 bits per heavy atom. The molecule has 1 fully saturated rings. The molecule has 21 heavy (non-hydrogen) atoms. The van der Waals surface area contributed by atoms with Crippen molar-refractivity contribution in [2.75, 3.05) is 26.2 Å². The Morgan fingerprint density at radius 2 is 2.33 bits per heavy atom. The van der Waals surface area contributed by atoms with E-state index in [1.807, 2.05) is 0 Å². The number of hydrogen-bond donors (Lipinski definition) is 2. The summed E-state index contributed by atoms with van der Waals surface area (Å²) in [6.45, 7) is 5.55. The highest BCUT2D eigenvalue weighted by Gasteiger charge is 2.23. The molecule has 1 aromatic rings. The summed E-state index contributed by atoms with van der Waals surface area (Å²) in [6, 6.07) is 2.99. The summed E-state index contributed by atoms with van der Waals surface area (Å²) in [5.41, 5.74) is 5.85. The minimum Gasteiger partial charge on any atom is -0.388 e. The summed E-state index contributed by atoms with van der Waals surface area (Å²) in [5.74, 6) is 0.364. The lowest BCUT2D eigenvalue weighted by Gasteiger charge is -2.14. The number of nitrogens with zero attached hydrogens (tertiary/aromatic N) is 2. The molecule has 0 radical (unpaired) electrons. The first kappa shape index (κ1) is 16.3. The Kier molecular flexibility index (Phi) is 5.26. The van der Waals surface area contributed by atoms with Gasteiger partial charge < -0.3 is 10.6 Å². The van der Waals surface area contributed by atoms with E-state index in [4.69, 9.17) is 18.0 Å². The number of hydrogen-bond acceptors (Lipinski definition) is 5. The molecule has 2 heterocycles. The maximum Gasteiger partial charge on any atom is 0.242 e. The smallest absolute Gasteiger partial charge is 0.242 e. The molecular formula is C13H20N4O2S2. The lowest BCUT2D eigenvalue weighted by molar-refractivity contribution is 0.342. The van der Waals surface area contributed by atoms with Crippen molar-refractivity contribution in [1.82, 2.24) is 14.6 Å². The van der Waals surface area contributed by atoms with Gasteiger partial charge in [0.2, 0.25) is 10.0 Å². The summed E-state index contributed by atoms with van der Waals surface area (Å²) in [6.07, 6.45) is 2.30. The van der Waals surface area contributed by atoms with Crippen LogP contribution in [0, 0.1) is 5.92 Å². The highest BCUT2D eigenvalue weighted by Crippen LogP contribution is 2.16. The predicted molar refractivity (Wildman–Crippen MR) is 85.5 cm³/mol. The van der Waals surface area contributed by atoms with Crippen LogP contribution in [-0.2, 0) is 10.0 Å². The van der Waals surface area contributed by atoms with E-state index in [0.29, 0.717) is 18.2 Å². The number of pyridine rings is 1. The standard InChI is InChI=1S/C13H20N4O2S2/c1-2-17-6-5-10(9-17)7-16-21(18,19)11-3-4-12(13(14)20)15-8-11/h3-4,8,10,16H,2,5-7,9H2,1H3,(H2,14,20). The van der Waals surface area contributed by atoms with E-state index in [1.165, 1.54) is 18.3 Å². The van der Waals surface area contributed by atoms with Gasteiger partial charge in [0.15, 0.2) is 0 Å². The van der Waals surface area contributed by atoms with Crippen LogP contribution in [0.4, 0.5) is 0 Å². The number of likely N-dealkylation sites (tertiary alicyclic amines) is 1. The van der Waals surface area contributed by atoms with E-state index in [2.05, 4.69) is 21.5 Å². The topological polar surface area (TPSA) is 88.3 Å². The minimum absolute atomic E-state index is 0.132. The van der Waals surface area contributed by atoms with E-state index in [0.717, 1.165) is 26.1 Å². The fourth-order valence-corrected chi connectivity index (χ4v) is 3.54. The first-order chi connectivity index (χ1) is 9.92. The second-order valence-corrected chi connectivity index (χ2v) is 7.35. The van der Waals surface area contributed by atoms with Gasteiger partial charge in [0, 0.05) is 19.3 Å². The molecule has 1 aromatic heterocycles. The summed E-state index contributed by atoms with van der Waals surface area (Å²) in [4.78, 5) is 6.56. The van der Waals surface area contributed by atoms with Crippen molar-refractivity contribution in [2.45, 2.75) is 18.2 Å². The molecule has 0 aromatic carbocycles. The van der Waals surface area contributed by atoms with Crippen molar-refractivity contribution >= 4 is 27.2 Å². The van der Waals surface area contributed by atoms with Crippen LogP contribution >= 0.6 is 12.2 Å². The van der Waals surface area contributed by atoms with Gasteiger partial charge in [0.05, 0.1) is 5.69 Å². The third kappa shape index (κ3) is 4.19. The van der Waals surface area contributed by atoms with E-state index >= 15 is 0 Å². The Bertz CT molecular complexity index is 601. The molecule has 116 valence electrons. The van der Waals surface area contributed by atoms with Gasteiger partial charge in [-0.25, -0.2) is 13.1 Å². The Balaban J connectivity index is 1.97. The van der Waals surface area contributed by atoms with Gasteiger partial charge in [0.25, 0.3) is 0 Å². The molecule has 2 rings (SSSR count). The second kappa shape index (κ2) is 6.78. The molecule has 0 bridgehead atoms. The zero-order valence-electron chi connectivity index (χ0n) is 11.9. The number of nitrogens with two attached hydrogens (primary N) is 1.